The van der Waals surface area contributed by atoms with Crippen LogP contribution in [-0.2, 0) is 12.0 Å². The Hall–Kier alpha value is -1.80. The number of ether oxygens (including phenoxy) is 1. The largest absolute Gasteiger partial charge is 0.494 e. The van der Waals surface area contributed by atoms with Crippen molar-refractivity contribution in [2.75, 3.05) is 6.61 Å². The van der Waals surface area contributed by atoms with Crippen LogP contribution in [0.5, 0.6) is 5.75 Å². The van der Waals surface area contributed by atoms with Crippen LogP contribution in [0.1, 0.15) is 37.8 Å². The SMILES string of the molecule is CCCOc1ccc(C(O)(CC)Cc2ccccc2)cc1. The third kappa shape index (κ3) is 4.08. The average Bonchev–Trinajstić information content (AvgIpc) is 2.54. The number of aliphatic hydroxyl groups is 1. The monoisotopic (exact) mass is 284 g/mol. The van der Waals surface area contributed by atoms with Gasteiger partial charge >= 0.3 is 0 Å². The molecule has 0 aliphatic rings. The van der Waals surface area contributed by atoms with E-state index >= 15 is 0 Å². The van der Waals surface area contributed by atoms with Gasteiger partial charge in [0.05, 0.1) is 12.2 Å². The van der Waals surface area contributed by atoms with Gasteiger partial charge in [-0.05, 0) is 36.1 Å². The van der Waals surface area contributed by atoms with Crippen molar-refractivity contribution in [3.63, 3.8) is 0 Å². The highest BCUT2D eigenvalue weighted by atomic mass is 16.5. The van der Waals surface area contributed by atoms with Crippen LogP contribution in [0.4, 0.5) is 0 Å². The highest BCUT2D eigenvalue weighted by Crippen LogP contribution is 2.30. The lowest BCUT2D eigenvalue weighted by Crippen LogP contribution is -2.27. The standard InChI is InChI=1S/C19H24O2/c1-3-14-21-18-12-10-17(11-13-18)19(20,4-2)15-16-8-6-5-7-9-16/h5-13,20H,3-4,14-15H2,1-2H3. The molecule has 1 N–H and O–H groups in total. The second kappa shape index (κ2) is 7.28. The molecule has 0 spiro atoms. The molecule has 0 bridgehead atoms. The molecule has 2 aromatic carbocycles. The Morgan fingerprint density at radius 3 is 2.19 bits per heavy atom. The quantitative estimate of drug-likeness (QED) is 0.820. The van der Waals surface area contributed by atoms with E-state index in [0.29, 0.717) is 12.8 Å². The van der Waals surface area contributed by atoms with E-state index in [1.807, 2.05) is 49.4 Å². The van der Waals surface area contributed by atoms with Gasteiger partial charge in [-0.2, -0.15) is 0 Å². The molecule has 0 aliphatic carbocycles. The minimum absolute atomic E-state index is 0.625. The summed E-state index contributed by atoms with van der Waals surface area (Å²) in [4.78, 5) is 0. The van der Waals surface area contributed by atoms with Crippen LogP contribution in [0.3, 0.4) is 0 Å². The van der Waals surface area contributed by atoms with Crippen molar-refractivity contribution in [1.29, 1.82) is 0 Å². The van der Waals surface area contributed by atoms with Crippen molar-refractivity contribution in [2.24, 2.45) is 0 Å². The van der Waals surface area contributed by atoms with E-state index in [9.17, 15) is 5.11 Å². The third-order valence-electron chi connectivity index (χ3n) is 3.79. The first-order valence-corrected chi connectivity index (χ1v) is 7.67. The molecular weight excluding hydrogens is 260 g/mol. The second-order valence-electron chi connectivity index (χ2n) is 5.42. The maximum Gasteiger partial charge on any atom is 0.119 e. The Morgan fingerprint density at radius 1 is 0.952 bits per heavy atom. The first-order chi connectivity index (χ1) is 10.2. The van der Waals surface area contributed by atoms with Crippen LogP contribution < -0.4 is 4.74 Å². The van der Waals surface area contributed by atoms with Crippen LogP contribution in [0.25, 0.3) is 0 Å². The third-order valence-corrected chi connectivity index (χ3v) is 3.79. The van der Waals surface area contributed by atoms with Crippen LogP contribution in [0, 0.1) is 0 Å². The van der Waals surface area contributed by atoms with Gasteiger partial charge in [0.1, 0.15) is 5.75 Å². The average molecular weight is 284 g/mol. The summed E-state index contributed by atoms with van der Waals surface area (Å²) in [6.45, 7) is 4.83. The summed E-state index contributed by atoms with van der Waals surface area (Å²) in [6.07, 6.45) is 2.30. The molecule has 0 aliphatic heterocycles. The zero-order chi connectivity index (χ0) is 15.1. The highest BCUT2D eigenvalue weighted by molar-refractivity contribution is 5.32. The van der Waals surface area contributed by atoms with Crippen molar-refractivity contribution in [2.45, 2.75) is 38.7 Å². The topological polar surface area (TPSA) is 29.5 Å². The van der Waals surface area contributed by atoms with E-state index in [4.69, 9.17) is 4.74 Å². The van der Waals surface area contributed by atoms with Gasteiger partial charge in [-0.3, -0.25) is 0 Å². The fraction of sp³-hybridized carbons (Fsp3) is 0.368. The fourth-order valence-electron chi connectivity index (χ4n) is 2.45. The second-order valence-corrected chi connectivity index (χ2v) is 5.42. The lowest BCUT2D eigenvalue weighted by atomic mass is 9.85. The molecule has 112 valence electrons. The molecule has 2 nitrogen and oxygen atoms in total. The molecule has 2 heteroatoms. The van der Waals surface area contributed by atoms with Gasteiger partial charge < -0.3 is 9.84 Å². The van der Waals surface area contributed by atoms with Crippen LogP contribution >= 0.6 is 0 Å². The molecule has 0 saturated heterocycles. The van der Waals surface area contributed by atoms with Gasteiger partial charge in [-0.25, -0.2) is 0 Å². The Labute approximate surface area is 127 Å². The number of rotatable bonds is 7. The minimum Gasteiger partial charge on any atom is -0.494 e. The summed E-state index contributed by atoms with van der Waals surface area (Å²) in [6, 6.07) is 17.9. The van der Waals surface area contributed by atoms with Gasteiger partial charge in [0.25, 0.3) is 0 Å². The summed E-state index contributed by atoms with van der Waals surface area (Å²) in [7, 11) is 0. The van der Waals surface area contributed by atoms with E-state index in [1.165, 1.54) is 0 Å². The smallest absolute Gasteiger partial charge is 0.119 e. The Kier molecular flexibility index (Phi) is 5.40. The van der Waals surface area contributed by atoms with Gasteiger partial charge in [-0.15, -0.1) is 0 Å². The van der Waals surface area contributed by atoms with Gasteiger partial charge in [0, 0.05) is 6.42 Å². The predicted octanol–water partition coefficient (Wildman–Crippen LogP) is 4.32. The van der Waals surface area contributed by atoms with Crippen molar-refractivity contribution < 1.29 is 9.84 Å². The molecular formula is C19H24O2. The molecule has 0 aromatic heterocycles. The number of hydrogen-bond acceptors (Lipinski definition) is 2. The number of benzene rings is 2. The molecule has 2 aromatic rings. The summed E-state index contributed by atoms with van der Waals surface area (Å²) in [5, 5.41) is 11.0. The summed E-state index contributed by atoms with van der Waals surface area (Å²) < 4.78 is 5.59. The van der Waals surface area contributed by atoms with Crippen molar-refractivity contribution in [3.05, 3.63) is 65.7 Å². The summed E-state index contributed by atoms with van der Waals surface area (Å²) in [5.74, 6) is 0.860. The predicted molar refractivity (Wildman–Crippen MR) is 86.6 cm³/mol. The van der Waals surface area contributed by atoms with E-state index in [0.717, 1.165) is 29.9 Å². The maximum absolute atomic E-state index is 11.0. The van der Waals surface area contributed by atoms with E-state index < -0.39 is 5.60 Å². The summed E-state index contributed by atoms with van der Waals surface area (Å²) in [5.41, 5.74) is 1.26. The molecule has 0 amide bonds. The molecule has 21 heavy (non-hydrogen) atoms. The van der Waals surface area contributed by atoms with Crippen LogP contribution in [0.2, 0.25) is 0 Å². The van der Waals surface area contributed by atoms with Crippen LogP contribution in [-0.4, -0.2) is 11.7 Å². The van der Waals surface area contributed by atoms with Gasteiger partial charge in [0.15, 0.2) is 0 Å². The molecule has 0 radical (unpaired) electrons. The Balaban J connectivity index is 2.15. The zero-order valence-corrected chi connectivity index (χ0v) is 12.9. The van der Waals surface area contributed by atoms with Gasteiger partial charge in [-0.1, -0.05) is 56.3 Å². The molecule has 1 atom stereocenters. The van der Waals surface area contributed by atoms with Crippen molar-refractivity contribution >= 4 is 0 Å². The molecule has 0 fully saturated rings. The summed E-state index contributed by atoms with van der Waals surface area (Å²) >= 11 is 0. The Morgan fingerprint density at radius 2 is 1.62 bits per heavy atom. The van der Waals surface area contributed by atoms with Crippen molar-refractivity contribution in [1.82, 2.24) is 0 Å². The minimum atomic E-state index is -0.829. The zero-order valence-electron chi connectivity index (χ0n) is 12.9. The number of hydrogen-bond donors (Lipinski definition) is 1. The highest BCUT2D eigenvalue weighted by Gasteiger charge is 2.27. The molecule has 0 saturated carbocycles. The first kappa shape index (κ1) is 15.6. The fourth-order valence-corrected chi connectivity index (χ4v) is 2.45. The van der Waals surface area contributed by atoms with Gasteiger partial charge in [0.2, 0.25) is 0 Å². The van der Waals surface area contributed by atoms with E-state index in [1.54, 1.807) is 0 Å². The molecule has 2 rings (SSSR count). The molecule has 0 heterocycles. The normalized spacial score (nSPS) is 13.7. The Bertz CT molecular complexity index is 533. The lowest BCUT2D eigenvalue weighted by Gasteiger charge is -2.28. The maximum atomic E-state index is 11.0. The van der Waals surface area contributed by atoms with Crippen LogP contribution in [0.15, 0.2) is 54.6 Å². The first-order valence-electron chi connectivity index (χ1n) is 7.67. The molecule has 1 unspecified atom stereocenters. The van der Waals surface area contributed by atoms with E-state index in [-0.39, 0.29) is 0 Å². The van der Waals surface area contributed by atoms with E-state index in [2.05, 4.69) is 19.1 Å². The lowest BCUT2D eigenvalue weighted by molar-refractivity contribution is 0.0327. The van der Waals surface area contributed by atoms with Crippen molar-refractivity contribution in [3.8, 4) is 5.75 Å².